The Morgan fingerprint density at radius 2 is 2.25 bits per heavy atom. The number of hydrogen-bond acceptors (Lipinski definition) is 4. The topological polar surface area (TPSA) is 89.6 Å². The number of imidazole rings is 1. The maximum absolute atomic E-state index is 13.2. The predicted octanol–water partition coefficient (Wildman–Crippen LogP) is 1.65. The smallest absolute Gasteiger partial charge is 0.281 e. The number of H-pyrrole nitrogens is 1. The molecule has 102 valence electrons. The van der Waals surface area contributed by atoms with Gasteiger partial charge in [0.15, 0.2) is 11.2 Å². The molecule has 0 aliphatic rings. The van der Waals surface area contributed by atoms with Crippen LogP contribution in [0.1, 0.15) is 5.56 Å². The Labute approximate surface area is 120 Å². The number of rotatable bonds is 2. The molecule has 0 aliphatic carbocycles. The van der Waals surface area contributed by atoms with Crippen LogP contribution in [0.2, 0.25) is 0 Å². The third-order valence-corrected chi connectivity index (χ3v) is 3.51. The largest absolute Gasteiger partial charge is 0.369 e. The van der Waals surface area contributed by atoms with Gasteiger partial charge in [-0.25, -0.2) is 9.37 Å². The van der Waals surface area contributed by atoms with Gasteiger partial charge in [-0.1, -0.05) is 6.07 Å². The van der Waals surface area contributed by atoms with Crippen LogP contribution in [0.25, 0.3) is 11.2 Å². The van der Waals surface area contributed by atoms with Crippen molar-refractivity contribution < 1.29 is 4.39 Å². The third-order valence-electron chi connectivity index (χ3n) is 2.90. The molecule has 0 fully saturated rings. The van der Waals surface area contributed by atoms with Gasteiger partial charge in [-0.2, -0.15) is 4.98 Å². The van der Waals surface area contributed by atoms with Crippen molar-refractivity contribution in [3.8, 4) is 0 Å². The normalized spacial score (nSPS) is 11.1. The zero-order valence-electron chi connectivity index (χ0n) is 10.1. The lowest BCUT2D eigenvalue weighted by molar-refractivity contribution is 0.619. The number of nitrogens with zero attached hydrogens (tertiary/aromatic N) is 3. The van der Waals surface area contributed by atoms with E-state index in [-0.39, 0.29) is 29.5 Å². The van der Waals surface area contributed by atoms with Crippen LogP contribution in [0.15, 0.2) is 33.8 Å². The molecule has 3 aromatic rings. The highest BCUT2D eigenvalue weighted by Gasteiger charge is 2.11. The second kappa shape index (κ2) is 4.71. The van der Waals surface area contributed by atoms with Crippen molar-refractivity contribution in [2.45, 2.75) is 6.54 Å². The van der Waals surface area contributed by atoms with E-state index in [9.17, 15) is 9.18 Å². The van der Waals surface area contributed by atoms with Gasteiger partial charge in [0.1, 0.15) is 5.82 Å². The number of nitrogens with one attached hydrogen (secondary N) is 1. The number of anilines is 1. The van der Waals surface area contributed by atoms with E-state index < -0.39 is 0 Å². The molecule has 0 aliphatic heterocycles. The van der Waals surface area contributed by atoms with E-state index in [2.05, 4.69) is 30.9 Å². The van der Waals surface area contributed by atoms with Gasteiger partial charge in [0.05, 0.1) is 17.3 Å². The Bertz CT molecular complexity index is 857. The Hall–Kier alpha value is -2.22. The van der Waals surface area contributed by atoms with E-state index in [0.29, 0.717) is 9.99 Å². The van der Waals surface area contributed by atoms with Crippen molar-refractivity contribution in [2.24, 2.45) is 0 Å². The van der Waals surface area contributed by atoms with E-state index in [1.807, 2.05) is 0 Å². The van der Waals surface area contributed by atoms with E-state index in [0.717, 1.165) is 5.56 Å². The summed E-state index contributed by atoms with van der Waals surface area (Å²) < 4.78 is 14.8. The summed E-state index contributed by atoms with van der Waals surface area (Å²) in [5.41, 5.74) is 6.76. The molecule has 0 bridgehead atoms. The van der Waals surface area contributed by atoms with Gasteiger partial charge >= 0.3 is 0 Å². The number of halogens is 2. The number of benzene rings is 1. The zero-order valence-corrected chi connectivity index (χ0v) is 11.7. The molecule has 2 aromatic heterocycles. The standard InChI is InChI=1S/C12H9BrFN5O/c13-7-3-6(1-2-8(7)14)4-19-11(20)9-10(17-5-16-9)18-12(19)15/h1-3,5H,4H2,(H2,15,18)(H,16,17). The highest BCUT2D eigenvalue weighted by atomic mass is 79.9. The van der Waals surface area contributed by atoms with E-state index >= 15 is 0 Å². The van der Waals surface area contributed by atoms with Gasteiger partial charge in [0.2, 0.25) is 5.95 Å². The minimum Gasteiger partial charge on any atom is -0.369 e. The van der Waals surface area contributed by atoms with Crippen LogP contribution in [-0.2, 0) is 6.54 Å². The number of hydrogen-bond donors (Lipinski definition) is 2. The lowest BCUT2D eigenvalue weighted by Gasteiger charge is -2.09. The second-order valence-corrected chi connectivity index (χ2v) is 5.07. The van der Waals surface area contributed by atoms with Crippen molar-refractivity contribution in [3.63, 3.8) is 0 Å². The first-order valence-corrected chi connectivity index (χ1v) is 6.49. The fraction of sp³-hybridized carbons (Fsp3) is 0.0833. The second-order valence-electron chi connectivity index (χ2n) is 4.21. The number of fused-ring (bicyclic) bond motifs is 1. The summed E-state index contributed by atoms with van der Waals surface area (Å²) in [5.74, 6) is -0.300. The highest BCUT2D eigenvalue weighted by Crippen LogP contribution is 2.18. The molecule has 1 aromatic carbocycles. The van der Waals surface area contributed by atoms with Crippen molar-refractivity contribution in [1.82, 2.24) is 19.5 Å². The Morgan fingerprint density at radius 3 is 3.00 bits per heavy atom. The van der Waals surface area contributed by atoms with Gasteiger partial charge in [0.25, 0.3) is 5.56 Å². The summed E-state index contributed by atoms with van der Waals surface area (Å²) in [6.07, 6.45) is 1.39. The average Bonchev–Trinajstić information content (AvgIpc) is 2.87. The van der Waals surface area contributed by atoms with Crippen molar-refractivity contribution in [2.75, 3.05) is 5.73 Å². The predicted molar refractivity (Wildman–Crippen MR) is 75.8 cm³/mol. The zero-order chi connectivity index (χ0) is 14.3. The molecular weight excluding hydrogens is 329 g/mol. The van der Waals surface area contributed by atoms with Crippen molar-refractivity contribution >= 4 is 33.0 Å². The van der Waals surface area contributed by atoms with Crippen LogP contribution < -0.4 is 11.3 Å². The number of aromatic amines is 1. The maximum Gasteiger partial charge on any atom is 0.281 e. The van der Waals surface area contributed by atoms with Gasteiger partial charge in [-0.05, 0) is 33.6 Å². The average molecular weight is 338 g/mol. The first-order chi connectivity index (χ1) is 9.56. The first kappa shape index (κ1) is 12.8. The summed E-state index contributed by atoms with van der Waals surface area (Å²) in [6, 6.07) is 4.50. The third kappa shape index (κ3) is 2.07. The summed E-state index contributed by atoms with van der Waals surface area (Å²) in [7, 11) is 0. The molecular formula is C12H9BrFN5O. The van der Waals surface area contributed by atoms with Gasteiger partial charge in [-0.15, -0.1) is 0 Å². The van der Waals surface area contributed by atoms with Crippen LogP contribution in [-0.4, -0.2) is 19.5 Å². The number of nitrogen functional groups attached to an aromatic ring is 1. The van der Waals surface area contributed by atoms with E-state index in [4.69, 9.17) is 5.73 Å². The minimum absolute atomic E-state index is 0.0649. The molecule has 3 rings (SSSR count). The van der Waals surface area contributed by atoms with Crippen molar-refractivity contribution in [3.05, 3.63) is 50.7 Å². The number of aromatic nitrogens is 4. The molecule has 2 heterocycles. The van der Waals surface area contributed by atoms with E-state index in [1.54, 1.807) is 12.1 Å². The van der Waals surface area contributed by atoms with Gasteiger partial charge in [-0.3, -0.25) is 9.36 Å². The molecule has 0 spiro atoms. The molecule has 20 heavy (non-hydrogen) atoms. The summed E-state index contributed by atoms with van der Waals surface area (Å²) in [6.45, 7) is 0.200. The molecule has 0 saturated heterocycles. The fourth-order valence-electron chi connectivity index (χ4n) is 1.91. The molecule has 6 nitrogen and oxygen atoms in total. The van der Waals surface area contributed by atoms with E-state index in [1.165, 1.54) is 17.0 Å². The molecule has 0 radical (unpaired) electrons. The maximum atomic E-state index is 13.2. The van der Waals surface area contributed by atoms with Crippen molar-refractivity contribution in [1.29, 1.82) is 0 Å². The molecule has 0 unspecified atom stereocenters. The molecule has 0 amide bonds. The molecule has 3 N–H and O–H groups in total. The lowest BCUT2D eigenvalue weighted by atomic mass is 10.2. The van der Waals surface area contributed by atoms with Crippen LogP contribution in [0.5, 0.6) is 0 Å². The summed E-state index contributed by atoms with van der Waals surface area (Å²) in [4.78, 5) is 22.9. The van der Waals surface area contributed by atoms with Crippen LogP contribution in [0.4, 0.5) is 10.3 Å². The molecule has 0 saturated carbocycles. The molecule has 0 atom stereocenters. The summed E-state index contributed by atoms with van der Waals surface area (Å²) in [5, 5.41) is 0. The van der Waals surface area contributed by atoms with Crippen LogP contribution in [0, 0.1) is 5.82 Å². The summed E-state index contributed by atoms with van der Waals surface area (Å²) >= 11 is 3.10. The SMILES string of the molecule is Nc1nc2nc[nH]c2c(=O)n1Cc1ccc(F)c(Br)c1. The van der Waals surface area contributed by atoms with Gasteiger partial charge in [0, 0.05) is 0 Å². The number of nitrogens with two attached hydrogens (primary N) is 1. The minimum atomic E-state index is -0.365. The Morgan fingerprint density at radius 1 is 1.45 bits per heavy atom. The van der Waals surface area contributed by atoms with Crippen LogP contribution in [0.3, 0.4) is 0 Å². The highest BCUT2D eigenvalue weighted by molar-refractivity contribution is 9.10. The van der Waals surface area contributed by atoms with Gasteiger partial charge < -0.3 is 10.7 Å². The quantitative estimate of drug-likeness (QED) is 0.744. The first-order valence-electron chi connectivity index (χ1n) is 5.69. The molecule has 8 heteroatoms. The Kier molecular flexibility index (Phi) is 3.01. The Balaban J connectivity index is 2.10. The monoisotopic (exact) mass is 337 g/mol. The fourth-order valence-corrected chi connectivity index (χ4v) is 2.34. The van der Waals surface area contributed by atoms with Crippen LogP contribution >= 0.6 is 15.9 Å². The lowest BCUT2D eigenvalue weighted by Crippen LogP contribution is -2.25.